The maximum Gasteiger partial charge on any atom is 0.141 e. The van der Waals surface area contributed by atoms with Gasteiger partial charge in [-0.25, -0.2) is 4.39 Å². The molecule has 0 saturated carbocycles. The Hall–Kier alpha value is -1.00. The third-order valence-corrected chi connectivity index (χ3v) is 2.83. The van der Waals surface area contributed by atoms with E-state index in [1.807, 2.05) is 13.8 Å². The van der Waals surface area contributed by atoms with Crippen molar-refractivity contribution in [2.45, 2.75) is 32.7 Å². The largest absolute Gasteiger partial charge is 0.396 e. The molecule has 2 atom stereocenters. The monoisotopic (exact) mass is 240 g/mol. The molecule has 1 aromatic heterocycles. The molecule has 96 valence electrons. The maximum absolute atomic E-state index is 12.7. The summed E-state index contributed by atoms with van der Waals surface area (Å²) in [7, 11) is 0. The second-order valence-corrected chi connectivity index (χ2v) is 4.51. The molecule has 1 heterocycles. The average Bonchev–Trinajstić information content (AvgIpc) is 2.34. The zero-order chi connectivity index (χ0) is 12.7. The van der Waals surface area contributed by atoms with Crippen LogP contribution in [0.3, 0.4) is 0 Å². The molecule has 0 bridgehead atoms. The van der Waals surface area contributed by atoms with Gasteiger partial charge in [0.15, 0.2) is 0 Å². The van der Waals surface area contributed by atoms with Crippen LogP contribution < -0.4 is 5.32 Å². The lowest BCUT2D eigenvalue weighted by Gasteiger charge is -2.14. The molecule has 0 amide bonds. The van der Waals surface area contributed by atoms with E-state index in [2.05, 4.69) is 10.3 Å². The van der Waals surface area contributed by atoms with E-state index in [0.29, 0.717) is 5.92 Å². The van der Waals surface area contributed by atoms with Crippen LogP contribution in [0.15, 0.2) is 18.3 Å². The van der Waals surface area contributed by atoms with Crippen LogP contribution in [0.25, 0.3) is 0 Å². The first kappa shape index (κ1) is 14.1. The predicted molar refractivity (Wildman–Crippen MR) is 66.1 cm³/mol. The number of pyridine rings is 1. The summed E-state index contributed by atoms with van der Waals surface area (Å²) in [5.41, 5.74) is 0.849. The lowest BCUT2D eigenvalue weighted by Crippen LogP contribution is -2.21. The minimum atomic E-state index is -0.308. The molecular weight excluding hydrogens is 219 g/mol. The molecule has 2 N–H and O–H groups in total. The van der Waals surface area contributed by atoms with Crippen LogP contribution >= 0.6 is 0 Å². The summed E-state index contributed by atoms with van der Waals surface area (Å²) in [5.74, 6) is 0.0498. The molecular formula is C13H21FN2O. The summed E-state index contributed by atoms with van der Waals surface area (Å²) in [6.45, 7) is 5.17. The van der Waals surface area contributed by atoms with Crippen LogP contribution in [0, 0.1) is 11.7 Å². The Morgan fingerprint density at radius 2 is 2.18 bits per heavy atom. The lowest BCUT2D eigenvalue weighted by molar-refractivity contribution is 0.227. The third kappa shape index (κ3) is 5.24. The topological polar surface area (TPSA) is 45.1 Å². The van der Waals surface area contributed by atoms with Crippen LogP contribution in [0.2, 0.25) is 0 Å². The average molecular weight is 240 g/mol. The van der Waals surface area contributed by atoms with Crippen molar-refractivity contribution in [3.63, 3.8) is 0 Å². The summed E-state index contributed by atoms with van der Waals surface area (Å²) in [5, 5.41) is 12.2. The van der Waals surface area contributed by atoms with Crippen LogP contribution in [0.1, 0.15) is 38.4 Å². The van der Waals surface area contributed by atoms with E-state index in [1.165, 1.54) is 12.3 Å². The van der Waals surface area contributed by atoms with Gasteiger partial charge in [-0.2, -0.15) is 0 Å². The number of hydrogen-bond donors (Lipinski definition) is 2. The van der Waals surface area contributed by atoms with Crippen LogP contribution in [0.4, 0.5) is 4.39 Å². The molecule has 17 heavy (non-hydrogen) atoms. The Morgan fingerprint density at radius 3 is 2.76 bits per heavy atom. The molecule has 0 spiro atoms. The summed E-state index contributed by atoms with van der Waals surface area (Å²) < 4.78 is 12.7. The van der Waals surface area contributed by atoms with Crippen LogP contribution in [-0.4, -0.2) is 23.2 Å². The number of aliphatic hydroxyl groups is 1. The Labute approximate surface area is 102 Å². The highest BCUT2D eigenvalue weighted by atomic mass is 19.1. The standard InChI is InChI=1S/C13H21FN2O/c1-10(9-17)4-3-7-15-11(2)13-6-5-12(14)8-16-13/h5-6,8,10-11,15,17H,3-4,7,9H2,1-2H3. The second-order valence-electron chi connectivity index (χ2n) is 4.51. The van der Waals surface area contributed by atoms with E-state index in [9.17, 15) is 4.39 Å². The second kappa shape index (κ2) is 7.35. The third-order valence-electron chi connectivity index (χ3n) is 2.83. The predicted octanol–water partition coefficient (Wildman–Crippen LogP) is 2.28. The van der Waals surface area contributed by atoms with Gasteiger partial charge < -0.3 is 10.4 Å². The van der Waals surface area contributed by atoms with Gasteiger partial charge in [0.25, 0.3) is 0 Å². The molecule has 0 aliphatic carbocycles. The lowest BCUT2D eigenvalue weighted by atomic mass is 10.1. The molecule has 1 aromatic rings. The van der Waals surface area contributed by atoms with Crippen molar-refractivity contribution in [3.05, 3.63) is 29.8 Å². The Balaban J connectivity index is 2.25. The fourth-order valence-electron chi connectivity index (χ4n) is 1.61. The van der Waals surface area contributed by atoms with Crippen molar-refractivity contribution in [1.29, 1.82) is 0 Å². The van der Waals surface area contributed by atoms with Crippen LogP contribution in [0.5, 0.6) is 0 Å². The first-order valence-electron chi connectivity index (χ1n) is 6.09. The molecule has 3 nitrogen and oxygen atoms in total. The Kier molecular flexibility index (Phi) is 6.08. The summed E-state index contributed by atoms with van der Waals surface area (Å²) in [6, 6.07) is 3.25. The highest BCUT2D eigenvalue weighted by Gasteiger charge is 2.06. The van der Waals surface area contributed by atoms with Gasteiger partial charge in [-0.15, -0.1) is 0 Å². The minimum Gasteiger partial charge on any atom is -0.396 e. The van der Waals surface area contributed by atoms with Crippen molar-refractivity contribution >= 4 is 0 Å². The fraction of sp³-hybridized carbons (Fsp3) is 0.615. The van der Waals surface area contributed by atoms with E-state index < -0.39 is 0 Å². The Bertz CT molecular complexity index is 316. The normalized spacial score (nSPS) is 14.6. The Morgan fingerprint density at radius 1 is 1.41 bits per heavy atom. The van der Waals surface area contributed by atoms with Gasteiger partial charge in [0, 0.05) is 12.6 Å². The van der Waals surface area contributed by atoms with Crippen LogP contribution in [-0.2, 0) is 0 Å². The quantitative estimate of drug-likeness (QED) is 0.719. The number of rotatable bonds is 7. The molecule has 0 radical (unpaired) electrons. The molecule has 0 aliphatic rings. The van der Waals surface area contributed by atoms with E-state index in [-0.39, 0.29) is 18.5 Å². The van der Waals surface area contributed by atoms with Crippen molar-refractivity contribution in [2.75, 3.05) is 13.2 Å². The van der Waals surface area contributed by atoms with E-state index >= 15 is 0 Å². The molecule has 0 fully saturated rings. The van der Waals surface area contributed by atoms with Gasteiger partial charge in [-0.05, 0) is 44.4 Å². The SMILES string of the molecule is CC(CO)CCCNC(C)c1ccc(F)cn1. The van der Waals surface area contributed by atoms with Gasteiger partial charge in [0.2, 0.25) is 0 Å². The maximum atomic E-state index is 12.7. The van der Waals surface area contributed by atoms with Crippen molar-refractivity contribution in [2.24, 2.45) is 5.92 Å². The van der Waals surface area contributed by atoms with Gasteiger partial charge in [0.05, 0.1) is 11.9 Å². The molecule has 0 aliphatic heterocycles. The highest BCUT2D eigenvalue weighted by molar-refractivity contribution is 5.08. The van der Waals surface area contributed by atoms with E-state index in [1.54, 1.807) is 6.07 Å². The molecule has 2 unspecified atom stereocenters. The fourth-order valence-corrected chi connectivity index (χ4v) is 1.61. The zero-order valence-corrected chi connectivity index (χ0v) is 10.5. The smallest absolute Gasteiger partial charge is 0.141 e. The molecule has 0 saturated heterocycles. The molecule has 0 aromatic carbocycles. The first-order chi connectivity index (χ1) is 8.13. The number of aliphatic hydroxyl groups excluding tert-OH is 1. The van der Waals surface area contributed by atoms with Crippen molar-refractivity contribution < 1.29 is 9.50 Å². The summed E-state index contributed by atoms with van der Waals surface area (Å²) in [6.07, 6.45) is 3.27. The van der Waals surface area contributed by atoms with Gasteiger partial charge >= 0.3 is 0 Å². The summed E-state index contributed by atoms with van der Waals surface area (Å²) >= 11 is 0. The number of hydrogen-bond acceptors (Lipinski definition) is 3. The number of aromatic nitrogens is 1. The minimum absolute atomic E-state index is 0.125. The summed E-state index contributed by atoms with van der Waals surface area (Å²) in [4.78, 5) is 4.03. The highest BCUT2D eigenvalue weighted by Crippen LogP contribution is 2.10. The van der Waals surface area contributed by atoms with E-state index in [4.69, 9.17) is 5.11 Å². The van der Waals surface area contributed by atoms with E-state index in [0.717, 1.165) is 25.1 Å². The molecule has 4 heteroatoms. The van der Waals surface area contributed by atoms with Crippen molar-refractivity contribution in [3.8, 4) is 0 Å². The molecule has 1 rings (SSSR count). The number of nitrogens with zero attached hydrogens (tertiary/aromatic N) is 1. The number of nitrogens with one attached hydrogen (secondary N) is 1. The van der Waals surface area contributed by atoms with Gasteiger partial charge in [-0.3, -0.25) is 4.98 Å². The van der Waals surface area contributed by atoms with Crippen molar-refractivity contribution in [1.82, 2.24) is 10.3 Å². The zero-order valence-electron chi connectivity index (χ0n) is 10.5. The van der Waals surface area contributed by atoms with Gasteiger partial charge in [-0.1, -0.05) is 6.92 Å². The first-order valence-corrected chi connectivity index (χ1v) is 6.09. The number of halogens is 1. The van der Waals surface area contributed by atoms with Gasteiger partial charge in [0.1, 0.15) is 5.82 Å².